The first-order chi connectivity index (χ1) is 20.1. The van der Waals surface area contributed by atoms with Gasteiger partial charge >= 0.3 is 0 Å². The summed E-state index contributed by atoms with van der Waals surface area (Å²) in [7, 11) is 2.06. The summed E-state index contributed by atoms with van der Waals surface area (Å²) in [4.78, 5) is 13.9. The number of nitrogens with zero attached hydrogens (tertiary/aromatic N) is 4. The number of phenols is 1. The second-order valence-electron chi connectivity index (χ2n) is 9.53. The highest BCUT2D eigenvalue weighted by Gasteiger charge is 2.30. The van der Waals surface area contributed by atoms with Gasteiger partial charge in [0.25, 0.3) is 0 Å². The largest absolute Gasteiger partial charge is 0.506 e. The number of benzene rings is 4. The zero-order valence-electron chi connectivity index (χ0n) is 22.7. The van der Waals surface area contributed by atoms with Crippen molar-refractivity contribution in [2.24, 2.45) is 0 Å². The van der Waals surface area contributed by atoms with Crippen LogP contribution < -0.4 is 9.80 Å². The van der Waals surface area contributed by atoms with Gasteiger partial charge in [0.15, 0.2) is 0 Å². The Balaban J connectivity index is 1.52. The van der Waals surface area contributed by atoms with Crippen molar-refractivity contribution in [3.8, 4) is 28.8 Å². The molecule has 0 atom stereocenters. The fourth-order valence-electron chi connectivity index (χ4n) is 5.19. The number of anilines is 5. The molecule has 7 rings (SSSR count). The number of aromatic hydroxyl groups is 1. The van der Waals surface area contributed by atoms with E-state index in [0.717, 1.165) is 45.3 Å². The predicted octanol–water partition coefficient (Wildman–Crippen LogP) is 7.95. The normalized spacial score (nSPS) is 12.3. The smallest absolute Gasteiger partial charge is 0.141 e. The van der Waals surface area contributed by atoms with E-state index >= 15 is 0 Å². The minimum absolute atomic E-state index is 0.0451. The van der Waals surface area contributed by atoms with Crippen LogP contribution in [0.25, 0.3) is 22.2 Å². The summed E-state index contributed by atoms with van der Waals surface area (Å²) in [6, 6.07) is 35.3. The molecule has 0 aliphatic carbocycles. The van der Waals surface area contributed by atoms with E-state index in [2.05, 4.69) is 46.9 Å². The molecule has 0 saturated carbocycles. The van der Waals surface area contributed by atoms with E-state index in [4.69, 9.17) is 11.3 Å². The van der Waals surface area contributed by atoms with Crippen LogP contribution in [0.3, 0.4) is 0 Å². The number of phenolic OH excluding ortho intramolecular Hbond substituents is 1. The molecule has 190 valence electrons. The lowest BCUT2D eigenvalue weighted by Crippen LogP contribution is -2.25. The first-order valence-corrected chi connectivity index (χ1v) is 13.0. The molecular weight excluding hydrogens is 492 g/mol. The van der Waals surface area contributed by atoms with Crippen LogP contribution in [0.5, 0.6) is 5.75 Å². The highest BCUT2D eigenvalue weighted by molar-refractivity contribution is 6.00. The molecule has 0 radical (unpaired) electrons. The van der Waals surface area contributed by atoms with Crippen molar-refractivity contribution in [3.05, 3.63) is 133 Å². The van der Waals surface area contributed by atoms with Crippen molar-refractivity contribution in [1.82, 2.24) is 9.97 Å². The molecular formula is C35H24N4O. The lowest BCUT2D eigenvalue weighted by Gasteiger charge is -2.38. The van der Waals surface area contributed by atoms with E-state index in [1.54, 1.807) is 12.3 Å². The third-order valence-corrected chi connectivity index (χ3v) is 7.06. The lowest BCUT2D eigenvalue weighted by atomic mass is 9.98. The Hall–Kier alpha value is -5.60. The molecule has 0 unspecified atom stereocenters. The quantitative estimate of drug-likeness (QED) is 0.236. The highest BCUT2D eigenvalue weighted by Crippen LogP contribution is 2.52. The van der Waals surface area contributed by atoms with Gasteiger partial charge in [-0.25, -0.2) is 9.97 Å². The summed E-state index contributed by atoms with van der Waals surface area (Å²) >= 11 is 0. The first-order valence-electron chi connectivity index (χ1n) is 13.5. The average molecular weight is 518 g/mol. The SMILES string of the molecule is [2H]c1ccc(O)c2nc(-c3cc(C#Cc4ccccc4)c4c(c3)N(c3ccccn3)c3ccccc3N4C)ccc12. The first kappa shape index (κ1) is 22.4. The Morgan fingerprint density at radius 1 is 0.775 bits per heavy atom. The number of aromatic nitrogens is 2. The molecule has 0 fully saturated rings. The van der Waals surface area contributed by atoms with Crippen molar-refractivity contribution in [3.63, 3.8) is 0 Å². The Kier molecular flexibility index (Phi) is 5.38. The number of para-hydroxylation sites is 3. The molecule has 1 aliphatic heterocycles. The van der Waals surface area contributed by atoms with Gasteiger partial charge in [0.1, 0.15) is 17.1 Å². The molecule has 2 aromatic heterocycles. The van der Waals surface area contributed by atoms with Gasteiger partial charge in [-0.2, -0.15) is 0 Å². The zero-order chi connectivity index (χ0) is 27.9. The number of rotatable bonds is 2. The minimum atomic E-state index is 0.0451. The van der Waals surface area contributed by atoms with E-state index in [1.807, 2.05) is 78.9 Å². The monoisotopic (exact) mass is 517 g/mol. The topological polar surface area (TPSA) is 52.5 Å². The van der Waals surface area contributed by atoms with Crippen LogP contribution in [0.15, 0.2) is 121 Å². The fourth-order valence-corrected chi connectivity index (χ4v) is 5.19. The lowest BCUT2D eigenvalue weighted by molar-refractivity contribution is 0.480. The summed E-state index contributed by atoms with van der Waals surface area (Å²) in [5.41, 5.74) is 7.58. The molecule has 0 amide bonds. The van der Waals surface area contributed by atoms with E-state index < -0.39 is 0 Å². The Labute approximate surface area is 234 Å². The van der Waals surface area contributed by atoms with E-state index in [9.17, 15) is 5.11 Å². The predicted molar refractivity (Wildman–Crippen MR) is 162 cm³/mol. The van der Waals surface area contributed by atoms with Gasteiger partial charge in [-0.05, 0) is 60.7 Å². The second kappa shape index (κ2) is 9.61. The van der Waals surface area contributed by atoms with Gasteiger partial charge in [0.2, 0.25) is 0 Å². The van der Waals surface area contributed by atoms with E-state index in [1.165, 1.54) is 6.07 Å². The number of hydrogen-bond acceptors (Lipinski definition) is 5. The molecule has 40 heavy (non-hydrogen) atoms. The maximum atomic E-state index is 10.6. The van der Waals surface area contributed by atoms with Gasteiger partial charge in [-0.15, -0.1) is 0 Å². The molecule has 1 N–H and O–H groups in total. The van der Waals surface area contributed by atoms with Gasteiger partial charge in [-0.1, -0.05) is 66.4 Å². The second-order valence-corrected chi connectivity index (χ2v) is 9.53. The fraction of sp³-hybridized carbons (Fsp3) is 0.0286. The zero-order valence-corrected chi connectivity index (χ0v) is 21.7. The number of fused-ring (bicyclic) bond motifs is 3. The van der Waals surface area contributed by atoms with Crippen molar-refractivity contribution >= 4 is 39.5 Å². The van der Waals surface area contributed by atoms with E-state index in [-0.39, 0.29) is 5.75 Å². The number of hydrogen-bond donors (Lipinski definition) is 1. The summed E-state index contributed by atoms with van der Waals surface area (Å²) in [5.74, 6) is 7.62. The Bertz CT molecular complexity index is 2000. The number of pyridine rings is 2. The standard InChI is InChI=1S/C35H24N4O/c1-38-29-13-5-6-14-30(29)39(33-16-7-8-21-36-33)31-23-27(28-20-19-25-12-9-15-32(40)34(25)37-28)22-26(35(31)38)18-17-24-10-3-2-4-11-24/h2-16,19-23,40H,1H3/i12D. The molecule has 3 heterocycles. The maximum Gasteiger partial charge on any atom is 0.141 e. The van der Waals surface area contributed by atoms with Gasteiger partial charge in [0, 0.05) is 29.8 Å². The summed E-state index contributed by atoms with van der Waals surface area (Å²) < 4.78 is 8.26. The Morgan fingerprint density at radius 2 is 1.57 bits per heavy atom. The third-order valence-electron chi connectivity index (χ3n) is 7.06. The minimum Gasteiger partial charge on any atom is -0.506 e. The molecule has 6 aromatic rings. The molecule has 0 bridgehead atoms. The molecule has 5 nitrogen and oxygen atoms in total. The highest BCUT2D eigenvalue weighted by atomic mass is 16.3. The van der Waals surface area contributed by atoms with Crippen LogP contribution in [-0.2, 0) is 0 Å². The van der Waals surface area contributed by atoms with Crippen molar-refractivity contribution in [2.75, 3.05) is 16.8 Å². The van der Waals surface area contributed by atoms with Gasteiger partial charge < -0.3 is 10.0 Å². The van der Waals surface area contributed by atoms with Gasteiger partial charge in [0.05, 0.1) is 35.4 Å². The summed E-state index contributed by atoms with van der Waals surface area (Å²) in [6.07, 6.45) is 1.79. The molecule has 5 heteroatoms. The van der Waals surface area contributed by atoms with Crippen molar-refractivity contribution in [2.45, 2.75) is 0 Å². The Morgan fingerprint density at radius 3 is 2.40 bits per heavy atom. The van der Waals surface area contributed by atoms with Crippen LogP contribution in [-0.4, -0.2) is 22.1 Å². The molecule has 0 spiro atoms. The third kappa shape index (κ3) is 4.00. The van der Waals surface area contributed by atoms with Crippen LogP contribution in [0.4, 0.5) is 28.6 Å². The molecule has 0 saturated heterocycles. The van der Waals surface area contributed by atoms with Crippen LogP contribution in [0.2, 0.25) is 0 Å². The summed E-state index contributed by atoms with van der Waals surface area (Å²) in [6.45, 7) is 0. The molecule has 4 aromatic carbocycles. The summed E-state index contributed by atoms with van der Waals surface area (Å²) in [5, 5.41) is 11.2. The van der Waals surface area contributed by atoms with Gasteiger partial charge in [-0.3, -0.25) is 4.90 Å². The van der Waals surface area contributed by atoms with Crippen molar-refractivity contribution in [1.29, 1.82) is 0 Å². The average Bonchev–Trinajstić information content (AvgIpc) is 3.02. The molecule has 1 aliphatic rings. The van der Waals surface area contributed by atoms with Crippen LogP contribution in [0, 0.1) is 11.8 Å². The van der Waals surface area contributed by atoms with Crippen molar-refractivity contribution < 1.29 is 6.48 Å². The van der Waals surface area contributed by atoms with Crippen LogP contribution in [0.1, 0.15) is 12.5 Å². The van der Waals surface area contributed by atoms with Crippen LogP contribution >= 0.6 is 0 Å². The maximum absolute atomic E-state index is 10.6. The van der Waals surface area contributed by atoms with E-state index in [0.29, 0.717) is 22.6 Å².